The second-order valence-corrected chi connectivity index (χ2v) is 7.10. The van der Waals surface area contributed by atoms with E-state index in [-0.39, 0.29) is 0 Å². The lowest BCUT2D eigenvalue weighted by Crippen LogP contribution is -2.01. The summed E-state index contributed by atoms with van der Waals surface area (Å²) in [7, 11) is 0. The molecule has 0 aliphatic rings. The molecule has 2 aromatic carbocycles. The number of rotatable bonds is 3. The molecule has 27 heavy (non-hydrogen) atoms. The summed E-state index contributed by atoms with van der Waals surface area (Å²) in [6.07, 6.45) is 0. The third kappa shape index (κ3) is 3.22. The van der Waals surface area contributed by atoms with E-state index in [2.05, 4.69) is 5.32 Å². The predicted molar refractivity (Wildman–Crippen MR) is 109 cm³/mol. The van der Waals surface area contributed by atoms with Gasteiger partial charge in [0.2, 0.25) is 5.88 Å². The summed E-state index contributed by atoms with van der Waals surface area (Å²) in [5.74, 6) is 0.888. The van der Waals surface area contributed by atoms with E-state index in [1.807, 2.05) is 31.2 Å². The Bertz CT molecular complexity index is 1220. The van der Waals surface area contributed by atoms with Crippen molar-refractivity contribution in [2.45, 2.75) is 13.8 Å². The molecule has 136 valence electrons. The van der Waals surface area contributed by atoms with Crippen molar-refractivity contribution in [1.82, 2.24) is 0 Å². The van der Waals surface area contributed by atoms with Crippen molar-refractivity contribution in [3.05, 3.63) is 80.3 Å². The second-order valence-electron chi connectivity index (χ2n) is 6.25. The van der Waals surface area contributed by atoms with Gasteiger partial charge in [-0.05, 0) is 37.6 Å². The van der Waals surface area contributed by atoms with Crippen molar-refractivity contribution in [3.63, 3.8) is 0 Å². The third-order valence-corrected chi connectivity index (χ3v) is 4.87. The van der Waals surface area contributed by atoms with E-state index in [1.54, 1.807) is 31.2 Å². The van der Waals surface area contributed by atoms with Crippen molar-refractivity contribution in [1.29, 1.82) is 0 Å². The molecule has 0 aliphatic carbocycles. The highest BCUT2D eigenvalue weighted by Crippen LogP contribution is 2.42. The Kier molecular flexibility index (Phi) is 4.46. The van der Waals surface area contributed by atoms with Crippen LogP contribution in [0.3, 0.4) is 0 Å². The van der Waals surface area contributed by atoms with E-state index in [0.29, 0.717) is 43.8 Å². The van der Waals surface area contributed by atoms with Gasteiger partial charge in [0.05, 0.1) is 10.6 Å². The topological polar surface area (TPSA) is 55.4 Å². The summed E-state index contributed by atoms with van der Waals surface area (Å²) in [5.41, 5.74) is 3.03. The van der Waals surface area contributed by atoms with Crippen LogP contribution in [0.1, 0.15) is 11.3 Å². The first-order valence-electron chi connectivity index (χ1n) is 8.29. The van der Waals surface area contributed by atoms with Crippen LogP contribution in [0.5, 0.6) is 0 Å². The molecular formula is C21H15Cl2NO3. The number of furan rings is 1. The Balaban J connectivity index is 2.02. The summed E-state index contributed by atoms with van der Waals surface area (Å²) < 4.78 is 11.3. The van der Waals surface area contributed by atoms with E-state index in [0.717, 1.165) is 11.3 Å². The van der Waals surface area contributed by atoms with Crippen LogP contribution in [-0.2, 0) is 0 Å². The number of anilines is 2. The number of nitrogens with one attached hydrogen (secondary N) is 1. The van der Waals surface area contributed by atoms with E-state index >= 15 is 0 Å². The van der Waals surface area contributed by atoms with Crippen molar-refractivity contribution in [2.75, 3.05) is 5.32 Å². The summed E-state index contributed by atoms with van der Waals surface area (Å²) in [4.78, 5) is 12.6. The maximum absolute atomic E-state index is 12.6. The van der Waals surface area contributed by atoms with Crippen LogP contribution in [0.2, 0.25) is 10.0 Å². The molecule has 0 saturated heterocycles. The summed E-state index contributed by atoms with van der Waals surface area (Å²) in [6, 6.07) is 14.6. The Hall–Kier alpha value is -2.69. The molecule has 4 nitrogen and oxygen atoms in total. The van der Waals surface area contributed by atoms with Crippen LogP contribution in [0, 0.1) is 13.8 Å². The van der Waals surface area contributed by atoms with Crippen molar-refractivity contribution >= 4 is 45.7 Å². The average Bonchev–Trinajstić information content (AvgIpc) is 2.95. The van der Waals surface area contributed by atoms with Crippen LogP contribution in [-0.4, -0.2) is 0 Å². The summed E-state index contributed by atoms with van der Waals surface area (Å²) in [6.45, 7) is 3.69. The number of halogens is 2. The first-order valence-corrected chi connectivity index (χ1v) is 9.05. The molecule has 0 aliphatic heterocycles. The van der Waals surface area contributed by atoms with E-state index in [9.17, 15) is 4.79 Å². The van der Waals surface area contributed by atoms with Crippen LogP contribution >= 0.6 is 23.2 Å². The standard InChI is InChI=1S/C21H15Cl2NO3/c1-11-5-3-4-6-16(11)24-20-18(14-8-7-13(22)10-15(14)23)19-17(27-20)9-12(2)26-21(19)25/h3-10,24H,1-2H3. The van der Waals surface area contributed by atoms with Crippen molar-refractivity contribution < 1.29 is 8.83 Å². The monoisotopic (exact) mass is 399 g/mol. The van der Waals surface area contributed by atoms with Gasteiger partial charge in [0.15, 0.2) is 0 Å². The normalized spacial score (nSPS) is 11.1. The number of hydrogen-bond donors (Lipinski definition) is 1. The lowest BCUT2D eigenvalue weighted by atomic mass is 10.0. The van der Waals surface area contributed by atoms with E-state index in [4.69, 9.17) is 32.0 Å². The molecule has 0 bridgehead atoms. The Labute approximate surface area is 165 Å². The molecule has 6 heteroatoms. The fraction of sp³-hybridized carbons (Fsp3) is 0.0952. The van der Waals surface area contributed by atoms with Crippen molar-refractivity contribution in [2.24, 2.45) is 0 Å². The lowest BCUT2D eigenvalue weighted by Gasteiger charge is -2.10. The highest BCUT2D eigenvalue weighted by Gasteiger charge is 2.23. The fourth-order valence-corrected chi connectivity index (χ4v) is 3.54. The van der Waals surface area contributed by atoms with Gasteiger partial charge in [-0.2, -0.15) is 0 Å². The van der Waals surface area contributed by atoms with E-state index in [1.165, 1.54) is 0 Å². The highest BCUT2D eigenvalue weighted by atomic mass is 35.5. The molecule has 0 radical (unpaired) electrons. The number of aryl methyl sites for hydroxylation is 2. The van der Waals surface area contributed by atoms with Crippen molar-refractivity contribution in [3.8, 4) is 11.1 Å². The lowest BCUT2D eigenvalue weighted by molar-refractivity contribution is 0.485. The van der Waals surface area contributed by atoms with Gasteiger partial charge in [-0.3, -0.25) is 0 Å². The Morgan fingerprint density at radius 1 is 0.963 bits per heavy atom. The molecule has 0 unspecified atom stereocenters. The van der Waals surface area contributed by atoms with Gasteiger partial charge < -0.3 is 14.2 Å². The maximum atomic E-state index is 12.6. The van der Waals surface area contributed by atoms with Gasteiger partial charge in [0.1, 0.15) is 16.7 Å². The SMILES string of the molecule is Cc1cc2oc(Nc3ccccc3C)c(-c3ccc(Cl)cc3Cl)c2c(=O)o1. The van der Waals surface area contributed by atoms with Gasteiger partial charge in [-0.25, -0.2) is 4.79 Å². The zero-order chi connectivity index (χ0) is 19.1. The molecule has 4 rings (SSSR count). The molecule has 0 fully saturated rings. The third-order valence-electron chi connectivity index (χ3n) is 4.32. The van der Waals surface area contributed by atoms with Crippen LogP contribution in [0.4, 0.5) is 11.6 Å². The summed E-state index contributed by atoms with van der Waals surface area (Å²) >= 11 is 12.5. The van der Waals surface area contributed by atoms with Gasteiger partial charge in [0.25, 0.3) is 0 Å². The maximum Gasteiger partial charge on any atom is 0.347 e. The van der Waals surface area contributed by atoms with Gasteiger partial charge >= 0.3 is 5.63 Å². The predicted octanol–water partition coefficient (Wildman–Crippen LogP) is 6.72. The molecule has 2 aromatic heterocycles. The van der Waals surface area contributed by atoms with Gasteiger partial charge in [-0.15, -0.1) is 0 Å². The Morgan fingerprint density at radius 3 is 2.48 bits per heavy atom. The van der Waals surface area contributed by atoms with Gasteiger partial charge in [-0.1, -0.05) is 47.5 Å². The smallest absolute Gasteiger partial charge is 0.347 e. The molecule has 4 aromatic rings. The quantitative estimate of drug-likeness (QED) is 0.415. The zero-order valence-electron chi connectivity index (χ0n) is 14.6. The highest BCUT2D eigenvalue weighted by molar-refractivity contribution is 6.37. The minimum atomic E-state index is -0.479. The fourth-order valence-electron chi connectivity index (χ4n) is 3.04. The first kappa shape index (κ1) is 17.7. The summed E-state index contributed by atoms with van der Waals surface area (Å²) in [5, 5.41) is 4.53. The van der Waals surface area contributed by atoms with Crippen LogP contribution in [0.25, 0.3) is 22.1 Å². The van der Waals surface area contributed by atoms with Crippen LogP contribution in [0.15, 0.2) is 62.2 Å². The molecule has 2 heterocycles. The number of hydrogen-bond acceptors (Lipinski definition) is 4. The molecule has 1 N–H and O–H groups in total. The Morgan fingerprint density at radius 2 is 1.74 bits per heavy atom. The minimum Gasteiger partial charge on any atom is -0.439 e. The zero-order valence-corrected chi connectivity index (χ0v) is 16.1. The largest absolute Gasteiger partial charge is 0.439 e. The minimum absolute atomic E-state index is 0.334. The average molecular weight is 400 g/mol. The molecule has 0 atom stereocenters. The molecule has 0 amide bonds. The first-order chi connectivity index (χ1) is 12.9. The molecule has 0 saturated carbocycles. The number of fused-ring (bicyclic) bond motifs is 1. The number of benzene rings is 2. The van der Waals surface area contributed by atoms with Gasteiger partial charge in [0, 0.05) is 22.3 Å². The second kappa shape index (κ2) is 6.80. The molecular weight excluding hydrogens is 385 g/mol. The molecule has 0 spiro atoms. The van der Waals surface area contributed by atoms with E-state index < -0.39 is 5.63 Å². The van der Waals surface area contributed by atoms with Crippen LogP contribution < -0.4 is 10.9 Å². The number of para-hydroxylation sites is 1.